The Morgan fingerprint density at radius 1 is 1.00 bits per heavy atom. The summed E-state index contributed by atoms with van der Waals surface area (Å²) in [4.78, 5) is 0. The number of anilines is 1. The molecule has 96 valence electrons. The summed E-state index contributed by atoms with van der Waals surface area (Å²) in [6, 6.07) is 4.35. The van der Waals surface area contributed by atoms with Crippen molar-refractivity contribution in [2.24, 2.45) is 0 Å². The van der Waals surface area contributed by atoms with E-state index in [-0.39, 0.29) is 16.8 Å². The van der Waals surface area contributed by atoms with Crippen LogP contribution in [0.25, 0.3) is 0 Å². The normalized spacial score (nSPS) is 12.8. The number of hydrogen-bond donors (Lipinski definition) is 1. The average Bonchev–Trinajstić information content (AvgIpc) is 2.07. The number of halogens is 4. The largest absolute Gasteiger partial charge is 0.398 e. The third kappa shape index (κ3) is 4.63. The van der Waals surface area contributed by atoms with Crippen molar-refractivity contribution in [2.75, 3.05) is 5.73 Å². The van der Waals surface area contributed by atoms with Gasteiger partial charge in [-0.15, -0.1) is 0 Å². The van der Waals surface area contributed by atoms with E-state index in [1.165, 1.54) is 18.2 Å². The predicted molar refractivity (Wildman–Crippen MR) is 59.5 cm³/mol. The summed E-state index contributed by atoms with van der Waals surface area (Å²) in [5, 5.41) is 0. The monoisotopic (exact) mass is 249 g/mol. The van der Waals surface area contributed by atoms with Crippen LogP contribution < -0.4 is 5.73 Å². The molecule has 0 radical (unpaired) electrons. The Morgan fingerprint density at radius 3 is 2.00 bits per heavy atom. The van der Waals surface area contributed by atoms with Crippen LogP contribution in [0.1, 0.15) is 25.0 Å². The molecule has 0 aliphatic heterocycles. The molecule has 0 unspecified atom stereocenters. The summed E-state index contributed by atoms with van der Waals surface area (Å²) in [6.45, 7) is 1.50. The van der Waals surface area contributed by atoms with Crippen molar-refractivity contribution in [3.63, 3.8) is 0 Å². The standard InChI is InChI=1S/C12H15F4N/c1-11(13,14)6-8-4-3-5-10(17)9(8)7-12(2,15)16/h3-5H,6-7,17H2,1-2H3. The lowest BCUT2D eigenvalue weighted by molar-refractivity contribution is 0.0161. The van der Waals surface area contributed by atoms with Crippen LogP contribution >= 0.6 is 0 Å². The molecule has 5 heteroatoms. The van der Waals surface area contributed by atoms with E-state index < -0.39 is 24.7 Å². The molecule has 1 nitrogen and oxygen atoms in total. The van der Waals surface area contributed by atoms with Crippen LogP contribution in [-0.2, 0) is 12.8 Å². The topological polar surface area (TPSA) is 26.0 Å². The molecule has 0 spiro atoms. The minimum atomic E-state index is -2.97. The van der Waals surface area contributed by atoms with Crippen molar-refractivity contribution in [1.82, 2.24) is 0 Å². The maximum absolute atomic E-state index is 13.0. The van der Waals surface area contributed by atoms with Gasteiger partial charge in [0, 0.05) is 18.5 Å². The van der Waals surface area contributed by atoms with Crippen molar-refractivity contribution in [3.05, 3.63) is 29.3 Å². The van der Waals surface area contributed by atoms with Gasteiger partial charge in [-0.3, -0.25) is 0 Å². The SMILES string of the molecule is CC(F)(F)Cc1cccc(N)c1CC(C)(F)F. The molecular weight excluding hydrogens is 234 g/mol. The summed E-state index contributed by atoms with van der Waals surface area (Å²) >= 11 is 0. The quantitative estimate of drug-likeness (QED) is 0.639. The first kappa shape index (κ1) is 13.8. The van der Waals surface area contributed by atoms with Gasteiger partial charge in [0.05, 0.1) is 0 Å². The van der Waals surface area contributed by atoms with Gasteiger partial charge in [0.25, 0.3) is 0 Å². The molecule has 0 aromatic heterocycles. The van der Waals surface area contributed by atoms with Gasteiger partial charge in [0.1, 0.15) is 0 Å². The molecule has 0 aliphatic carbocycles. The number of nitrogen functional groups attached to an aromatic ring is 1. The Labute approximate surface area is 97.6 Å². The van der Waals surface area contributed by atoms with Crippen LogP contribution in [0.5, 0.6) is 0 Å². The zero-order valence-electron chi connectivity index (χ0n) is 9.74. The minimum Gasteiger partial charge on any atom is -0.398 e. The first-order valence-corrected chi connectivity index (χ1v) is 5.20. The molecule has 0 amide bonds. The third-order valence-corrected chi connectivity index (χ3v) is 2.30. The number of benzene rings is 1. The molecule has 1 aromatic carbocycles. The lowest BCUT2D eigenvalue weighted by Crippen LogP contribution is -2.20. The van der Waals surface area contributed by atoms with Crippen LogP contribution in [0, 0.1) is 0 Å². The summed E-state index contributed by atoms with van der Waals surface area (Å²) < 4.78 is 51.8. The lowest BCUT2D eigenvalue weighted by atomic mass is 9.96. The van der Waals surface area contributed by atoms with Crippen molar-refractivity contribution in [3.8, 4) is 0 Å². The highest BCUT2D eigenvalue weighted by atomic mass is 19.3. The van der Waals surface area contributed by atoms with E-state index in [4.69, 9.17) is 5.73 Å². The van der Waals surface area contributed by atoms with E-state index in [1.54, 1.807) is 0 Å². The number of rotatable bonds is 4. The van der Waals surface area contributed by atoms with E-state index in [2.05, 4.69) is 0 Å². The lowest BCUT2D eigenvalue weighted by Gasteiger charge is -2.18. The highest BCUT2D eigenvalue weighted by Gasteiger charge is 2.28. The fraction of sp³-hybridized carbons (Fsp3) is 0.500. The minimum absolute atomic E-state index is 0.113. The van der Waals surface area contributed by atoms with Crippen molar-refractivity contribution < 1.29 is 17.6 Å². The fourth-order valence-corrected chi connectivity index (χ4v) is 1.68. The van der Waals surface area contributed by atoms with E-state index in [1.807, 2.05) is 0 Å². The second kappa shape index (κ2) is 4.55. The molecule has 0 bridgehead atoms. The molecule has 1 aromatic rings. The van der Waals surface area contributed by atoms with Crippen LogP contribution in [0.2, 0.25) is 0 Å². The molecule has 1 rings (SSSR count). The van der Waals surface area contributed by atoms with Gasteiger partial charge in [0.15, 0.2) is 0 Å². The maximum atomic E-state index is 13.0. The fourth-order valence-electron chi connectivity index (χ4n) is 1.68. The third-order valence-electron chi connectivity index (χ3n) is 2.30. The van der Waals surface area contributed by atoms with Gasteiger partial charge in [-0.05, 0) is 31.0 Å². The van der Waals surface area contributed by atoms with Crippen molar-refractivity contribution in [2.45, 2.75) is 38.5 Å². The van der Waals surface area contributed by atoms with Crippen LogP contribution in [0.15, 0.2) is 18.2 Å². The van der Waals surface area contributed by atoms with Crippen LogP contribution in [0.3, 0.4) is 0 Å². The van der Waals surface area contributed by atoms with E-state index >= 15 is 0 Å². The van der Waals surface area contributed by atoms with Gasteiger partial charge >= 0.3 is 0 Å². The highest BCUT2D eigenvalue weighted by Crippen LogP contribution is 2.29. The van der Waals surface area contributed by atoms with Gasteiger partial charge in [-0.1, -0.05) is 12.1 Å². The highest BCUT2D eigenvalue weighted by molar-refractivity contribution is 5.51. The maximum Gasteiger partial charge on any atom is 0.249 e. The second-order valence-electron chi connectivity index (χ2n) is 4.48. The van der Waals surface area contributed by atoms with Gasteiger partial charge in [0.2, 0.25) is 11.8 Å². The van der Waals surface area contributed by atoms with Crippen LogP contribution in [-0.4, -0.2) is 11.8 Å². The van der Waals surface area contributed by atoms with Crippen molar-refractivity contribution >= 4 is 5.69 Å². The number of nitrogens with two attached hydrogens (primary N) is 1. The molecule has 0 heterocycles. The summed E-state index contributed by atoms with van der Waals surface area (Å²) in [5.41, 5.74) is 5.99. The average molecular weight is 249 g/mol. The van der Waals surface area contributed by atoms with Crippen molar-refractivity contribution in [1.29, 1.82) is 0 Å². The smallest absolute Gasteiger partial charge is 0.249 e. The molecule has 17 heavy (non-hydrogen) atoms. The predicted octanol–water partition coefficient (Wildman–Crippen LogP) is 3.66. The Bertz CT molecular complexity index is 390. The molecule has 0 saturated heterocycles. The van der Waals surface area contributed by atoms with Gasteiger partial charge in [-0.2, -0.15) is 0 Å². The molecule has 0 atom stereocenters. The second-order valence-corrected chi connectivity index (χ2v) is 4.48. The zero-order chi connectivity index (χ0) is 13.3. The Kier molecular flexibility index (Phi) is 3.69. The van der Waals surface area contributed by atoms with E-state index in [0.717, 1.165) is 13.8 Å². The summed E-state index contributed by atoms with van der Waals surface area (Å²) in [6.07, 6.45) is -1.20. The van der Waals surface area contributed by atoms with Gasteiger partial charge < -0.3 is 5.73 Å². The molecule has 0 aliphatic rings. The Balaban J connectivity index is 3.09. The summed E-state index contributed by atoms with van der Waals surface area (Å²) in [5.74, 6) is -5.90. The summed E-state index contributed by atoms with van der Waals surface area (Å²) in [7, 11) is 0. The zero-order valence-corrected chi connectivity index (χ0v) is 9.74. The molecule has 0 saturated carbocycles. The first-order valence-electron chi connectivity index (χ1n) is 5.20. The van der Waals surface area contributed by atoms with Gasteiger partial charge in [-0.25, -0.2) is 17.6 Å². The first-order chi connectivity index (χ1) is 7.58. The Morgan fingerprint density at radius 2 is 1.53 bits per heavy atom. The molecular formula is C12H15F4N. The van der Waals surface area contributed by atoms with E-state index in [9.17, 15) is 17.6 Å². The number of alkyl halides is 4. The van der Waals surface area contributed by atoms with E-state index in [0.29, 0.717) is 0 Å². The number of hydrogen-bond acceptors (Lipinski definition) is 1. The molecule has 0 fully saturated rings. The van der Waals surface area contributed by atoms with Crippen LogP contribution in [0.4, 0.5) is 23.2 Å². The Hall–Kier alpha value is -1.26. The molecule has 2 N–H and O–H groups in total.